The molecule has 0 aromatic carbocycles. The Hall–Kier alpha value is -0.120. The molecule has 2 aliphatic rings. The van der Waals surface area contributed by atoms with Crippen molar-refractivity contribution >= 4 is 0 Å². The normalized spacial score (nSPS) is 27.4. The van der Waals surface area contributed by atoms with E-state index in [1.807, 2.05) is 13.8 Å². The number of nitrogens with one attached hydrogen (secondary N) is 1. The number of ether oxygens (including phenoxy) is 2. The zero-order valence-corrected chi connectivity index (χ0v) is 10.6. The predicted molar refractivity (Wildman–Crippen MR) is 64.3 cm³/mol. The van der Waals surface area contributed by atoms with Gasteiger partial charge in [-0.05, 0) is 32.7 Å². The molecule has 1 aliphatic carbocycles. The molecule has 1 heterocycles. The summed E-state index contributed by atoms with van der Waals surface area (Å²) in [5.41, 5.74) is 0. The van der Waals surface area contributed by atoms with Gasteiger partial charge in [-0.15, -0.1) is 0 Å². The Morgan fingerprint density at radius 1 is 1.12 bits per heavy atom. The lowest BCUT2D eigenvalue weighted by Gasteiger charge is -2.35. The van der Waals surface area contributed by atoms with E-state index in [4.69, 9.17) is 9.47 Å². The summed E-state index contributed by atoms with van der Waals surface area (Å²) >= 11 is 0. The van der Waals surface area contributed by atoms with Crippen LogP contribution >= 0.6 is 0 Å². The largest absolute Gasteiger partial charge is 0.349 e. The molecular weight excluding hydrogens is 202 g/mol. The average molecular weight is 227 g/mol. The second-order valence-corrected chi connectivity index (χ2v) is 5.61. The fourth-order valence-electron chi connectivity index (χ4n) is 2.60. The van der Waals surface area contributed by atoms with E-state index in [0.717, 1.165) is 25.7 Å². The third-order valence-electron chi connectivity index (χ3n) is 3.72. The summed E-state index contributed by atoms with van der Waals surface area (Å²) in [6, 6.07) is 0.384. The zero-order valence-electron chi connectivity index (χ0n) is 10.6. The van der Waals surface area contributed by atoms with Crippen molar-refractivity contribution in [3.63, 3.8) is 0 Å². The van der Waals surface area contributed by atoms with Crippen LogP contribution in [0.2, 0.25) is 0 Å². The molecule has 0 bridgehead atoms. The van der Waals surface area contributed by atoms with Crippen molar-refractivity contribution in [1.82, 2.24) is 5.32 Å². The van der Waals surface area contributed by atoms with Crippen molar-refractivity contribution in [2.75, 3.05) is 19.8 Å². The van der Waals surface area contributed by atoms with E-state index in [1.54, 1.807) is 0 Å². The Morgan fingerprint density at radius 2 is 1.75 bits per heavy atom. The van der Waals surface area contributed by atoms with Gasteiger partial charge in [-0.3, -0.25) is 0 Å². The summed E-state index contributed by atoms with van der Waals surface area (Å²) in [5.74, 6) is 0.582. The SMILES string of the molecule is CC1(C)OCC(NCCC2CCCC2)CO1. The minimum atomic E-state index is -0.385. The molecule has 3 heteroatoms. The fourth-order valence-corrected chi connectivity index (χ4v) is 2.60. The Balaban J connectivity index is 1.56. The molecule has 94 valence electrons. The maximum atomic E-state index is 5.62. The lowest BCUT2D eigenvalue weighted by atomic mass is 10.0. The maximum absolute atomic E-state index is 5.62. The summed E-state index contributed by atoms with van der Waals surface area (Å²) < 4.78 is 11.2. The van der Waals surface area contributed by atoms with Gasteiger partial charge in [0.1, 0.15) is 0 Å². The zero-order chi connectivity index (χ0) is 11.4. The van der Waals surface area contributed by atoms with Gasteiger partial charge in [0.05, 0.1) is 19.3 Å². The first kappa shape index (κ1) is 12.3. The molecule has 3 nitrogen and oxygen atoms in total. The van der Waals surface area contributed by atoms with Gasteiger partial charge < -0.3 is 14.8 Å². The van der Waals surface area contributed by atoms with Crippen LogP contribution in [0.3, 0.4) is 0 Å². The third kappa shape index (κ3) is 3.72. The standard InChI is InChI=1S/C13H25NO2/c1-13(2)15-9-12(10-16-13)14-8-7-11-5-3-4-6-11/h11-12,14H,3-10H2,1-2H3. The van der Waals surface area contributed by atoms with Crippen LogP contribution in [-0.4, -0.2) is 31.6 Å². The second-order valence-electron chi connectivity index (χ2n) is 5.61. The molecule has 0 amide bonds. The molecular formula is C13H25NO2. The van der Waals surface area contributed by atoms with Crippen molar-refractivity contribution in [2.45, 2.75) is 57.8 Å². The van der Waals surface area contributed by atoms with Gasteiger partial charge in [0.15, 0.2) is 5.79 Å². The highest BCUT2D eigenvalue weighted by Gasteiger charge is 2.27. The second kappa shape index (κ2) is 5.48. The van der Waals surface area contributed by atoms with E-state index in [0.29, 0.717) is 6.04 Å². The number of rotatable bonds is 4. The van der Waals surface area contributed by atoms with Crippen LogP contribution in [0.15, 0.2) is 0 Å². The van der Waals surface area contributed by atoms with Crippen LogP contribution in [0.5, 0.6) is 0 Å². The molecule has 1 N–H and O–H groups in total. The molecule has 0 aromatic rings. The van der Waals surface area contributed by atoms with E-state index in [9.17, 15) is 0 Å². The summed E-state index contributed by atoms with van der Waals surface area (Å²) in [4.78, 5) is 0. The topological polar surface area (TPSA) is 30.5 Å². The van der Waals surface area contributed by atoms with Gasteiger partial charge in [-0.1, -0.05) is 25.7 Å². The average Bonchev–Trinajstić information content (AvgIpc) is 2.73. The fraction of sp³-hybridized carbons (Fsp3) is 1.00. The van der Waals surface area contributed by atoms with Crippen LogP contribution in [0.25, 0.3) is 0 Å². The number of hydrogen-bond acceptors (Lipinski definition) is 3. The Bertz CT molecular complexity index is 202. The van der Waals surface area contributed by atoms with Gasteiger partial charge in [0, 0.05) is 0 Å². The minimum absolute atomic E-state index is 0.384. The highest BCUT2D eigenvalue weighted by Crippen LogP contribution is 2.27. The molecule has 16 heavy (non-hydrogen) atoms. The van der Waals surface area contributed by atoms with Crippen LogP contribution in [-0.2, 0) is 9.47 Å². The van der Waals surface area contributed by atoms with E-state index < -0.39 is 0 Å². The quantitative estimate of drug-likeness (QED) is 0.799. The monoisotopic (exact) mass is 227 g/mol. The smallest absolute Gasteiger partial charge is 0.162 e. The van der Waals surface area contributed by atoms with Gasteiger partial charge in [0.2, 0.25) is 0 Å². The first-order valence-electron chi connectivity index (χ1n) is 6.67. The summed E-state index contributed by atoms with van der Waals surface area (Å²) in [5, 5.41) is 3.54. The molecule has 2 rings (SSSR count). The Kier molecular flexibility index (Phi) is 4.22. The van der Waals surface area contributed by atoms with Crippen molar-refractivity contribution < 1.29 is 9.47 Å². The molecule has 1 aliphatic heterocycles. The molecule has 0 radical (unpaired) electrons. The van der Waals surface area contributed by atoms with E-state index >= 15 is 0 Å². The summed E-state index contributed by atoms with van der Waals surface area (Å²) in [6.45, 7) is 6.61. The lowest BCUT2D eigenvalue weighted by molar-refractivity contribution is -0.252. The molecule has 0 atom stereocenters. The molecule has 0 aromatic heterocycles. The van der Waals surface area contributed by atoms with Gasteiger partial charge in [-0.2, -0.15) is 0 Å². The summed E-state index contributed by atoms with van der Waals surface area (Å²) in [6.07, 6.45) is 7.07. The van der Waals surface area contributed by atoms with E-state index in [2.05, 4.69) is 5.32 Å². The summed E-state index contributed by atoms with van der Waals surface area (Å²) in [7, 11) is 0. The minimum Gasteiger partial charge on any atom is -0.349 e. The van der Waals surface area contributed by atoms with E-state index in [1.165, 1.54) is 32.1 Å². The maximum Gasteiger partial charge on any atom is 0.162 e. The van der Waals surface area contributed by atoms with Gasteiger partial charge in [-0.25, -0.2) is 0 Å². The van der Waals surface area contributed by atoms with Crippen molar-refractivity contribution in [1.29, 1.82) is 0 Å². The number of hydrogen-bond donors (Lipinski definition) is 1. The van der Waals surface area contributed by atoms with Crippen molar-refractivity contribution in [3.05, 3.63) is 0 Å². The first-order chi connectivity index (χ1) is 7.66. The molecule has 1 saturated heterocycles. The highest BCUT2D eigenvalue weighted by atomic mass is 16.7. The first-order valence-corrected chi connectivity index (χ1v) is 6.67. The molecule has 0 unspecified atom stereocenters. The van der Waals surface area contributed by atoms with Gasteiger partial charge in [0.25, 0.3) is 0 Å². The van der Waals surface area contributed by atoms with Crippen LogP contribution in [0, 0.1) is 5.92 Å². The van der Waals surface area contributed by atoms with Crippen LogP contribution in [0.4, 0.5) is 0 Å². The van der Waals surface area contributed by atoms with Crippen LogP contribution < -0.4 is 5.32 Å². The molecule has 0 spiro atoms. The Labute approximate surface area is 98.9 Å². The Morgan fingerprint density at radius 3 is 2.38 bits per heavy atom. The van der Waals surface area contributed by atoms with E-state index in [-0.39, 0.29) is 5.79 Å². The van der Waals surface area contributed by atoms with Gasteiger partial charge >= 0.3 is 0 Å². The van der Waals surface area contributed by atoms with Crippen molar-refractivity contribution in [2.24, 2.45) is 5.92 Å². The lowest BCUT2D eigenvalue weighted by Crippen LogP contribution is -2.48. The predicted octanol–water partition coefficient (Wildman–Crippen LogP) is 2.31. The molecule has 2 fully saturated rings. The highest BCUT2D eigenvalue weighted by molar-refractivity contribution is 4.74. The van der Waals surface area contributed by atoms with Crippen molar-refractivity contribution in [3.8, 4) is 0 Å². The molecule has 1 saturated carbocycles. The third-order valence-corrected chi connectivity index (χ3v) is 3.72. The van der Waals surface area contributed by atoms with Crippen LogP contribution in [0.1, 0.15) is 46.0 Å².